The van der Waals surface area contributed by atoms with Crippen LogP contribution < -0.4 is 10.6 Å². The minimum atomic E-state index is -0.479. The molecular weight excluding hydrogens is 228 g/mol. The fourth-order valence-electron chi connectivity index (χ4n) is 2.24. The fourth-order valence-corrected chi connectivity index (χ4v) is 2.24. The van der Waals surface area contributed by atoms with Crippen molar-refractivity contribution in [1.82, 2.24) is 0 Å². The number of amides is 1. The highest BCUT2D eigenvalue weighted by atomic mass is 16.6. The van der Waals surface area contributed by atoms with Crippen LogP contribution in [0.25, 0.3) is 0 Å². The van der Waals surface area contributed by atoms with Gasteiger partial charge in [0, 0.05) is 11.7 Å². The maximum atomic E-state index is 12.2. The highest BCUT2D eigenvalue weighted by molar-refractivity contribution is 5.91. The molecule has 1 aromatic rings. The summed E-state index contributed by atoms with van der Waals surface area (Å²) in [5, 5.41) is 0. The second kappa shape index (κ2) is 4.19. The first-order valence-electron chi connectivity index (χ1n) is 6.18. The number of hydrogen-bond donors (Lipinski definition) is 1. The van der Waals surface area contributed by atoms with Gasteiger partial charge in [-0.15, -0.1) is 0 Å². The molecule has 4 heteroatoms. The second-order valence-electron chi connectivity index (χ2n) is 5.79. The summed E-state index contributed by atoms with van der Waals surface area (Å²) >= 11 is 0. The van der Waals surface area contributed by atoms with Crippen LogP contribution in [-0.4, -0.2) is 17.7 Å². The Morgan fingerprint density at radius 1 is 1.44 bits per heavy atom. The quantitative estimate of drug-likeness (QED) is 0.718. The van der Waals surface area contributed by atoms with Crippen molar-refractivity contribution in [2.45, 2.75) is 45.8 Å². The first-order valence-corrected chi connectivity index (χ1v) is 6.18. The van der Waals surface area contributed by atoms with Gasteiger partial charge in [-0.25, -0.2) is 4.79 Å². The van der Waals surface area contributed by atoms with E-state index < -0.39 is 5.60 Å². The molecule has 0 spiro atoms. The summed E-state index contributed by atoms with van der Waals surface area (Å²) in [7, 11) is 0. The first kappa shape index (κ1) is 12.7. The molecule has 1 amide bonds. The number of carbonyl (C=O) groups excluding carboxylic acids is 1. The lowest BCUT2D eigenvalue weighted by Crippen LogP contribution is -2.40. The predicted octanol–water partition coefficient (Wildman–Crippen LogP) is 2.95. The molecule has 0 saturated heterocycles. The molecule has 1 aromatic carbocycles. The van der Waals surface area contributed by atoms with E-state index in [-0.39, 0.29) is 12.1 Å². The van der Waals surface area contributed by atoms with Crippen molar-refractivity contribution < 1.29 is 9.53 Å². The van der Waals surface area contributed by atoms with E-state index in [4.69, 9.17) is 10.5 Å². The predicted molar refractivity (Wildman–Crippen MR) is 72.7 cm³/mol. The molecule has 0 aromatic heterocycles. The van der Waals surface area contributed by atoms with Crippen molar-refractivity contribution in [3.63, 3.8) is 0 Å². The molecule has 0 saturated carbocycles. The molecule has 2 rings (SSSR count). The largest absolute Gasteiger partial charge is 0.443 e. The fraction of sp³-hybridized carbons (Fsp3) is 0.500. The number of ether oxygens (including phenoxy) is 1. The van der Waals surface area contributed by atoms with Gasteiger partial charge in [-0.2, -0.15) is 0 Å². The number of anilines is 2. The molecule has 2 N–H and O–H groups in total. The lowest BCUT2D eigenvalue weighted by molar-refractivity contribution is 0.0572. The molecule has 4 nitrogen and oxygen atoms in total. The lowest BCUT2D eigenvalue weighted by Gasteiger charge is -2.27. The molecule has 18 heavy (non-hydrogen) atoms. The Bertz CT molecular complexity index is 477. The number of carbonyl (C=O) groups is 1. The molecule has 0 fully saturated rings. The van der Waals surface area contributed by atoms with Crippen molar-refractivity contribution in [2.75, 3.05) is 10.6 Å². The maximum absolute atomic E-state index is 12.2. The third-order valence-corrected chi connectivity index (χ3v) is 2.91. The summed E-state index contributed by atoms with van der Waals surface area (Å²) in [4.78, 5) is 13.9. The van der Waals surface area contributed by atoms with E-state index in [1.54, 1.807) is 4.90 Å². The van der Waals surface area contributed by atoms with Crippen LogP contribution in [0.15, 0.2) is 18.2 Å². The zero-order chi connectivity index (χ0) is 13.5. The lowest BCUT2D eigenvalue weighted by atomic mass is 10.1. The molecule has 1 atom stereocenters. The van der Waals surface area contributed by atoms with E-state index in [1.165, 1.54) is 0 Å². The van der Waals surface area contributed by atoms with Crippen LogP contribution in [0.1, 0.15) is 33.3 Å². The molecule has 1 heterocycles. The van der Waals surface area contributed by atoms with Gasteiger partial charge in [0.05, 0.1) is 5.69 Å². The SMILES string of the molecule is C[C@H]1Cc2cc(N)ccc2N1C(=O)OC(C)(C)C. The number of nitrogens with two attached hydrogens (primary N) is 1. The van der Waals surface area contributed by atoms with Gasteiger partial charge in [-0.3, -0.25) is 4.90 Å². The van der Waals surface area contributed by atoms with Crippen molar-refractivity contribution >= 4 is 17.5 Å². The van der Waals surface area contributed by atoms with Crippen LogP contribution in [-0.2, 0) is 11.2 Å². The molecule has 98 valence electrons. The standard InChI is InChI=1S/C14H20N2O2/c1-9-7-10-8-11(15)5-6-12(10)16(9)13(17)18-14(2,3)4/h5-6,8-9H,7,15H2,1-4H3/t9-/m0/s1. The molecule has 1 aliphatic rings. The van der Waals surface area contributed by atoms with Crippen LogP contribution in [0.2, 0.25) is 0 Å². The van der Waals surface area contributed by atoms with Crippen LogP contribution in [0.4, 0.5) is 16.2 Å². The Morgan fingerprint density at radius 3 is 2.72 bits per heavy atom. The van der Waals surface area contributed by atoms with E-state index in [1.807, 2.05) is 45.9 Å². The van der Waals surface area contributed by atoms with Crippen molar-refractivity contribution in [3.8, 4) is 0 Å². The average molecular weight is 248 g/mol. The summed E-state index contributed by atoms with van der Waals surface area (Å²) in [6.07, 6.45) is 0.526. The normalized spacial score (nSPS) is 18.7. The van der Waals surface area contributed by atoms with Gasteiger partial charge < -0.3 is 10.5 Å². The molecule has 0 unspecified atom stereocenters. The Balaban J connectivity index is 2.28. The number of hydrogen-bond acceptors (Lipinski definition) is 3. The van der Waals surface area contributed by atoms with Gasteiger partial charge >= 0.3 is 6.09 Å². The summed E-state index contributed by atoms with van der Waals surface area (Å²) in [6.45, 7) is 7.63. The highest BCUT2D eigenvalue weighted by Gasteiger charge is 2.33. The molecule has 1 aliphatic heterocycles. The molecule has 0 bridgehead atoms. The number of nitrogen functional groups attached to an aromatic ring is 1. The smallest absolute Gasteiger partial charge is 0.415 e. The van der Waals surface area contributed by atoms with Gasteiger partial charge in [0.2, 0.25) is 0 Å². The highest BCUT2D eigenvalue weighted by Crippen LogP contribution is 2.34. The Morgan fingerprint density at radius 2 is 2.11 bits per heavy atom. The van der Waals surface area contributed by atoms with E-state index in [2.05, 4.69) is 0 Å². The van der Waals surface area contributed by atoms with Gasteiger partial charge in [0.25, 0.3) is 0 Å². The minimum Gasteiger partial charge on any atom is -0.443 e. The Labute approximate surface area is 108 Å². The van der Waals surface area contributed by atoms with Crippen molar-refractivity contribution in [1.29, 1.82) is 0 Å². The first-order chi connectivity index (χ1) is 8.28. The number of rotatable bonds is 0. The van der Waals surface area contributed by atoms with E-state index in [0.29, 0.717) is 0 Å². The summed E-state index contributed by atoms with van der Waals surface area (Å²) in [5.74, 6) is 0. The van der Waals surface area contributed by atoms with Crippen molar-refractivity contribution in [3.05, 3.63) is 23.8 Å². The van der Waals surface area contributed by atoms with Crippen LogP contribution in [0, 0.1) is 0 Å². The van der Waals surface area contributed by atoms with Gasteiger partial charge in [0.15, 0.2) is 0 Å². The Hall–Kier alpha value is -1.71. The molecular formula is C14H20N2O2. The molecule has 0 aliphatic carbocycles. The second-order valence-corrected chi connectivity index (χ2v) is 5.79. The van der Waals surface area contributed by atoms with E-state index in [9.17, 15) is 4.79 Å². The third-order valence-electron chi connectivity index (χ3n) is 2.91. The zero-order valence-electron chi connectivity index (χ0n) is 11.4. The van der Waals surface area contributed by atoms with E-state index >= 15 is 0 Å². The van der Waals surface area contributed by atoms with Crippen LogP contribution >= 0.6 is 0 Å². The average Bonchev–Trinajstić information content (AvgIpc) is 2.50. The number of fused-ring (bicyclic) bond motifs is 1. The number of benzene rings is 1. The van der Waals surface area contributed by atoms with Crippen LogP contribution in [0.5, 0.6) is 0 Å². The number of nitrogens with zero attached hydrogens (tertiary/aromatic N) is 1. The van der Waals surface area contributed by atoms with Crippen molar-refractivity contribution in [2.24, 2.45) is 0 Å². The summed E-state index contributed by atoms with van der Waals surface area (Å²) < 4.78 is 5.43. The monoisotopic (exact) mass is 248 g/mol. The third kappa shape index (κ3) is 2.42. The van der Waals surface area contributed by atoms with Gasteiger partial charge in [-0.1, -0.05) is 0 Å². The molecule has 0 radical (unpaired) electrons. The van der Waals surface area contributed by atoms with Gasteiger partial charge in [-0.05, 0) is 57.9 Å². The van der Waals surface area contributed by atoms with Crippen LogP contribution in [0.3, 0.4) is 0 Å². The zero-order valence-corrected chi connectivity index (χ0v) is 11.4. The maximum Gasteiger partial charge on any atom is 0.415 e. The van der Waals surface area contributed by atoms with Gasteiger partial charge in [0.1, 0.15) is 5.60 Å². The van der Waals surface area contributed by atoms with E-state index in [0.717, 1.165) is 23.4 Å². The summed E-state index contributed by atoms with van der Waals surface area (Å²) in [6, 6.07) is 5.74. The Kier molecular flexibility index (Phi) is 2.97. The topological polar surface area (TPSA) is 55.6 Å². The minimum absolute atomic E-state index is 0.108. The summed E-state index contributed by atoms with van der Waals surface area (Å²) in [5.41, 5.74) is 8.03.